The monoisotopic (exact) mass is 208 g/mol. The Morgan fingerprint density at radius 3 is 2.93 bits per heavy atom. The van der Waals surface area contributed by atoms with Gasteiger partial charge in [-0.2, -0.15) is 5.10 Å². The van der Waals surface area contributed by atoms with E-state index < -0.39 is 0 Å². The van der Waals surface area contributed by atoms with E-state index in [2.05, 4.69) is 29.2 Å². The highest BCUT2D eigenvalue weighted by atomic mass is 15.3. The molecule has 0 spiro atoms. The van der Waals surface area contributed by atoms with Crippen LogP contribution < -0.4 is 5.32 Å². The third kappa shape index (κ3) is 2.37. The van der Waals surface area contributed by atoms with E-state index in [1.54, 1.807) is 6.33 Å². The Kier molecular flexibility index (Phi) is 3.05. The highest BCUT2D eigenvalue weighted by Gasteiger charge is 2.30. The van der Waals surface area contributed by atoms with E-state index in [0.29, 0.717) is 5.41 Å². The molecule has 1 aliphatic rings. The van der Waals surface area contributed by atoms with Crippen LogP contribution in [-0.2, 0) is 13.1 Å². The van der Waals surface area contributed by atoms with Gasteiger partial charge in [-0.15, -0.1) is 0 Å². The van der Waals surface area contributed by atoms with Gasteiger partial charge in [0.05, 0.1) is 6.54 Å². The molecule has 0 amide bonds. The minimum atomic E-state index is 0.539. The van der Waals surface area contributed by atoms with Crippen LogP contribution in [0.4, 0.5) is 0 Å². The van der Waals surface area contributed by atoms with Gasteiger partial charge in [-0.05, 0) is 25.2 Å². The number of nitrogens with zero attached hydrogens (tertiary/aromatic N) is 3. The highest BCUT2D eigenvalue weighted by molar-refractivity contribution is 4.88. The fraction of sp³-hybridized carbons (Fsp3) is 0.818. The molecule has 0 saturated heterocycles. The van der Waals surface area contributed by atoms with Gasteiger partial charge in [0.2, 0.25) is 0 Å². The zero-order valence-electron chi connectivity index (χ0n) is 9.66. The van der Waals surface area contributed by atoms with E-state index in [-0.39, 0.29) is 0 Å². The van der Waals surface area contributed by atoms with Gasteiger partial charge in [0.15, 0.2) is 0 Å². The van der Waals surface area contributed by atoms with Crippen molar-refractivity contribution in [2.24, 2.45) is 5.41 Å². The molecule has 1 aliphatic carbocycles. The normalized spacial score (nSPS) is 18.8. The van der Waals surface area contributed by atoms with Crippen LogP contribution in [0.25, 0.3) is 0 Å². The van der Waals surface area contributed by atoms with E-state index >= 15 is 0 Å². The summed E-state index contributed by atoms with van der Waals surface area (Å²) in [7, 11) is 0. The molecule has 84 valence electrons. The second-order valence-corrected chi connectivity index (χ2v) is 4.76. The molecule has 1 saturated carbocycles. The standard InChI is InChI=1S/C11H20N4/c1-3-15-10(13-9-14-15)7-12-8-11(2)5-4-6-11/h9,12H,3-8H2,1-2H3. The second-order valence-electron chi connectivity index (χ2n) is 4.76. The van der Waals surface area contributed by atoms with Crippen LogP contribution in [0.15, 0.2) is 6.33 Å². The number of aromatic nitrogens is 3. The van der Waals surface area contributed by atoms with Crippen molar-refractivity contribution < 1.29 is 0 Å². The lowest BCUT2D eigenvalue weighted by Gasteiger charge is -2.38. The minimum Gasteiger partial charge on any atom is -0.309 e. The van der Waals surface area contributed by atoms with Gasteiger partial charge in [-0.3, -0.25) is 0 Å². The van der Waals surface area contributed by atoms with Crippen molar-refractivity contribution in [1.29, 1.82) is 0 Å². The number of nitrogens with one attached hydrogen (secondary N) is 1. The van der Waals surface area contributed by atoms with Crippen molar-refractivity contribution >= 4 is 0 Å². The molecule has 0 radical (unpaired) electrons. The lowest BCUT2D eigenvalue weighted by atomic mass is 9.70. The average Bonchev–Trinajstić information content (AvgIpc) is 2.63. The summed E-state index contributed by atoms with van der Waals surface area (Å²) in [5.74, 6) is 1.04. The van der Waals surface area contributed by atoms with Crippen molar-refractivity contribution in [3.63, 3.8) is 0 Å². The van der Waals surface area contributed by atoms with Gasteiger partial charge in [-0.25, -0.2) is 9.67 Å². The number of hydrogen-bond donors (Lipinski definition) is 1. The molecule has 0 atom stereocenters. The maximum absolute atomic E-state index is 4.24. The van der Waals surface area contributed by atoms with Crippen LogP contribution in [0.3, 0.4) is 0 Å². The highest BCUT2D eigenvalue weighted by Crippen LogP contribution is 2.39. The van der Waals surface area contributed by atoms with Crippen molar-refractivity contribution in [1.82, 2.24) is 20.1 Å². The fourth-order valence-corrected chi connectivity index (χ4v) is 2.12. The molecule has 1 fully saturated rings. The van der Waals surface area contributed by atoms with Crippen LogP contribution in [0.1, 0.15) is 38.9 Å². The Morgan fingerprint density at radius 2 is 2.33 bits per heavy atom. The Morgan fingerprint density at radius 1 is 1.53 bits per heavy atom. The van der Waals surface area contributed by atoms with Crippen LogP contribution in [0, 0.1) is 5.41 Å². The van der Waals surface area contributed by atoms with Crippen molar-refractivity contribution in [2.75, 3.05) is 6.54 Å². The molecule has 2 rings (SSSR count). The largest absolute Gasteiger partial charge is 0.309 e. The molecule has 1 heterocycles. The molecule has 1 aromatic heterocycles. The smallest absolute Gasteiger partial charge is 0.140 e. The predicted molar refractivity (Wildman–Crippen MR) is 59.4 cm³/mol. The molecule has 0 aromatic carbocycles. The van der Waals surface area contributed by atoms with Gasteiger partial charge in [0.1, 0.15) is 12.2 Å². The van der Waals surface area contributed by atoms with Gasteiger partial charge in [-0.1, -0.05) is 13.3 Å². The molecular weight excluding hydrogens is 188 g/mol. The summed E-state index contributed by atoms with van der Waals surface area (Å²) in [6, 6.07) is 0. The summed E-state index contributed by atoms with van der Waals surface area (Å²) in [5.41, 5.74) is 0.539. The van der Waals surface area contributed by atoms with E-state index in [1.165, 1.54) is 19.3 Å². The van der Waals surface area contributed by atoms with Crippen molar-refractivity contribution in [3.05, 3.63) is 12.2 Å². The minimum absolute atomic E-state index is 0.539. The summed E-state index contributed by atoms with van der Waals surface area (Å²) in [6.45, 7) is 7.28. The molecule has 15 heavy (non-hydrogen) atoms. The maximum atomic E-state index is 4.24. The molecule has 4 nitrogen and oxygen atoms in total. The third-order valence-corrected chi connectivity index (χ3v) is 3.39. The van der Waals surface area contributed by atoms with Crippen molar-refractivity contribution in [2.45, 2.75) is 46.2 Å². The number of hydrogen-bond acceptors (Lipinski definition) is 3. The van der Waals surface area contributed by atoms with E-state index in [4.69, 9.17) is 0 Å². The van der Waals surface area contributed by atoms with E-state index in [1.807, 2.05) is 4.68 Å². The van der Waals surface area contributed by atoms with Crippen LogP contribution in [0.2, 0.25) is 0 Å². The van der Waals surface area contributed by atoms with E-state index in [0.717, 1.165) is 25.5 Å². The zero-order chi connectivity index (χ0) is 10.7. The van der Waals surface area contributed by atoms with Crippen LogP contribution >= 0.6 is 0 Å². The van der Waals surface area contributed by atoms with Crippen molar-refractivity contribution in [3.8, 4) is 0 Å². The molecule has 4 heteroatoms. The summed E-state index contributed by atoms with van der Waals surface area (Å²) in [4.78, 5) is 4.24. The molecule has 0 bridgehead atoms. The Bertz CT molecular complexity index is 314. The second kappa shape index (κ2) is 4.31. The zero-order valence-corrected chi connectivity index (χ0v) is 9.66. The van der Waals surface area contributed by atoms with Gasteiger partial charge >= 0.3 is 0 Å². The lowest BCUT2D eigenvalue weighted by molar-refractivity contribution is 0.156. The first kappa shape index (κ1) is 10.6. The summed E-state index contributed by atoms with van der Waals surface area (Å²) >= 11 is 0. The first-order valence-electron chi connectivity index (χ1n) is 5.81. The van der Waals surface area contributed by atoms with Crippen LogP contribution in [0.5, 0.6) is 0 Å². The molecule has 0 unspecified atom stereocenters. The van der Waals surface area contributed by atoms with E-state index in [9.17, 15) is 0 Å². The maximum Gasteiger partial charge on any atom is 0.140 e. The fourth-order valence-electron chi connectivity index (χ4n) is 2.12. The average molecular weight is 208 g/mol. The Balaban J connectivity index is 1.78. The lowest BCUT2D eigenvalue weighted by Crippen LogP contribution is -2.37. The SMILES string of the molecule is CCn1ncnc1CNCC1(C)CCC1. The Labute approximate surface area is 91.1 Å². The summed E-state index contributed by atoms with van der Waals surface area (Å²) in [5, 5.41) is 7.63. The van der Waals surface area contributed by atoms with Gasteiger partial charge in [0.25, 0.3) is 0 Å². The summed E-state index contributed by atoms with van der Waals surface area (Å²) < 4.78 is 1.94. The Hall–Kier alpha value is -0.900. The van der Waals surface area contributed by atoms with Gasteiger partial charge in [0, 0.05) is 13.1 Å². The predicted octanol–water partition coefficient (Wildman–Crippen LogP) is 1.58. The summed E-state index contributed by atoms with van der Waals surface area (Å²) in [6.07, 6.45) is 5.75. The van der Waals surface area contributed by atoms with Gasteiger partial charge < -0.3 is 5.32 Å². The first-order valence-corrected chi connectivity index (χ1v) is 5.81. The molecule has 1 aromatic rings. The molecule has 0 aliphatic heterocycles. The van der Waals surface area contributed by atoms with Crippen LogP contribution in [-0.4, -0.2) is 21.3 Å². The quantitative estimate of drug-likeness (QED) is 0.799. The first-order chi connectivity index (χ1) is 7.23. The third-order valence-electron chi connectivity index (χ3n) is 3.39. The topological polar surface area (TPSA) is 42.7 Å². The molecule has 1 N–H and O–H groups in total. The number of rotatable bonds is 5. The molecular formula is C11H20N4. The number of aryl methyl sites for hydroxylation is 1.